The number of nitrogens with one attached hydrogen (secondary N) is 1. The van der Waals surface area contributed by atoms with Crippen molar-refractivity contribution in [2.24, 2.45) is 0 Å². The van der Waals surface area contributed by atoms with Crippen LogP contribution in [0.4, 0.5) is 0 Å². The maximum atomic E-state index is 10.4. The third-order valence-corrected chi connectivity index (χ3v) is 3.63. The van der Waals surface area contributed by atoms with Crippen molar-refractivity contribution in [1.82, 2.24) is 4.72 Å². The fraction of sp³-hybridized carbons (Fsp3) is 1.00. The zero-order chi connectivity index (χ0) is 7.83. The normalized spacial score (nSPS) is 29.6. The zero-order valence-electron chi connectivity index (χ0n) is 4.77. The summed E-state index contributed by atoms with van der Waals surface area (Å²) in [5.41, 5.74) is 0. The van der Waals surface area contributed by atoms with Crippen molar-refractivity contribution < 1.29 is 20.5 Å². The topological polar surface area (TPSA) is 89.5 Å². The van der Waals surface area contributed by atoms with E-state index in [9.17, 15) is 16.8 Å². The molecule has 1 heterocycles. The van der Waals surface area contributed by atoms with E-state index in [0.29, 0.717) is 0 Å². The van der Waals surface area contributed by atoms with Crippen molar-refractivity contribution in [3.63, 3.8) is 0 Å². The Morgan fingerprint density at radius 1 is 1.20 bits per heavy atom. The maximum absolute atomic E-state index is 10.4. The van der Waals surface area contributed by atoms with Crippen LogP contribution < -0.4 is 4.72 Å². The highest BCUT2D eigenvalue weighted by Gasteiger charge is 2.27. The van der Waals surface area contributed by atoms with E-state index in [0.717, 1.165) is 0 Å². The summed E-state index contributed by atoms with van der Waals surface area (Å²) in [6.07, 6.45) is 0. The molecule has 1 fully saturated rings. The van der Waals surface area contributed by atoms with Gasteiger partial charge in [-0.1, -0.05) is 0 Å². The van der Waals surface area contributed by atoms with E-state index in [-0.39, 0.29) is 12.3 Å². The first-order valence-corrected chi connectivity index (χ1v) is 5.33. The van der Waals surface area contributed by atoms with Gasteiger partial charge in [-0.3, -0.25) is 0 Å². The van der Waals surface area contributed by atoms with Crippen molar-refractivity contribution in [2.45, 2.75) is 0 Å². The summed E-state index contributed by atoms with van der Waals surface area (Å²) in [5.74, 6) is -0.313. The molecule has 0 spiro atoms. The van der Waals surface area contributed by atoms with E-state index in [1.807, 2.05) is 4.72 Å². The van der Waals surface area contributed by atoms with Crippen LogP contribution in [0.5, 0.6) is 0 Å². The smallest absolute Gasteiger partial charge is 0.198 e. The lowest BCUT2D eigenvalue weighted by Crippen LogP contribution is -2.38. The predicted molar refractivity (Wildman–Crippen MR) is 31.8 cm³/mol. The number of hydrogen-bond donors (Lipinski definition) is 1. The first kappa shape index (κ1) is 7.92. The molecule has 1 rings (SSSR count). The average molecular weight is 187 g/mol. The highest BCUT2D eigenvalue weighted by atomic mass is 32.3. The van der Waals surface area contributed by atoms with Crippen molar-refractivity contribution in [3.8, 4) is 0 Å². The quantitative estimate of drug-likeness (QED) is 0.482. The molecule has 0 radical (unpaired) electrons. The van der Waals surface area contributed by atoms with E-state index in [1.165, 1.54) is 0 Å². The Morgan fingerprint density at radius 3 is 2.10 bits per heavy atom. The van der Waals surface area contributed by atoms with Gasteiger partial charge in [0.2, 0.25) is 0 Å². The van der Waals surface area contributed by atoms with Gasteiger partial charge < -0.3 is 0 Å². The monoisotopic (exact) mass is 187 g/mol. The summed E-state index contributed by atoms with van der Waals surface area (Å²) in [6, 6.07) is 0. The Kier molecular flexibility index (Phi) is 1.71. The van der Waals surface area contributed by atoms with Crippen molar-refractivity contribution in [1.29, 1.82) is 0 Å². The Balaban J connectivity index is 2.97. The fourth-order valence-corrected chi connectivity index (χ4v) is 2.88. The van der Waals surface area contributed by atoms with Crippen LogP contribution in [0.25, 0.3) is 0 Å². The number of rotatable bonds is 0. The average Bonchev–Trinajstić information content (AvgIpc) is 1.56. The van der Waals surface area contributed by atoms with Crippen LogP contribution in [-0.4, -0.2) is 29.1 Å². The van der Waals surface area contributed by atoms with Crippen LogP contribution in [0, 0.1) is 0 Å². The van der Waals surface area contributed by atoms with Crippen molar-refractivity contribution in [3.05, 3.63) is 0 Å². The summed E-state index contributed by atoms with van der Waals surface area (Å²) >= 11 is 0. The van der Waals surface area contributed by atoms with Gasteiger partial charge in [0.05, 0.1) is 5.75 Å². The SMILES string of the molecule is O=S1(=O)CCNS(=O)(=O)O1. The standard InChI is InChI=1S/C2H5NO5S2/c4-9(5)2-1-3-10(6,7)8-9/h3H,1-2H2. The van der Waals surface area contributed by atoms with E-state index in [4.69, 9.17) is 0 Å². The molecule has 0 saturated carbocycles. The molecule has 0 unspecified atom stereocenters. The zero-order valence-corrected chi connectivity index (χ0v) is 6.40. The summed E-state index contributed by atoms with van der Waals surface area (Å²) in [7, 11) is -7.87. The third-order valence-electron chi connectivity index (χ3n) is 0.824. The molecule has 1 aliphatic heterocycles. The fourth-order valence-electron chi connectivity index (χ4n) is 0.486. The van der Waals surface area contributed by atoms with Gasteiger partial charge in [-0.05, 0) is 0 Å². The Labute approximate surface area is 58.6 Å². The van der Waals surface area contributed by atoms with Gasteiger partial charge in [-0.2, -0.15) is 21.6 Å². The van der Waals surface area contributed by atoms with Crippen molar-refractivity contribution in [2.75, 3.05) is 12.3 Å². The molecule has 10 heavy (non-hydrogen) atoms. The maximum Gasteiger partial charge on any atom is 0.350 e. The van der Waals surface area contributed by atoms with Crippen molar-refractivity contribution >= 4 is 20.4 Å². The van der Waals surface area contributed by atoms with E-state index < -0.39 is 20.4 Å². The minimum absolute atomic E-state index is 0.120. The molecule has 0 amide bonds. The lowest BCUT2D eigenvalue weighted by Gasteiger charge is -2.11. The molecule has 0 aromatic heterocycles. The minimum Gasteiger partial charge on any atom is -0.198 e. The molecular formula is C2H5NO5S2. The summed E-state index contributed by atoms with van der Waals surface area (Å²) in [6.45, 7) is -0.120. The molecule has 8 heteroatoms. The van der Waals surface area contributed by atoms with Crippen LogP contribution in [0.1, 0.15) is 0 Å². The summed E-state index contributed by atoms with van der Waals surface area (Å²) in [4.78, 5) is 0. The molecule has 0 bridgehead atoms. The van der Waals surface area contributed by atoms with Gasteiger partial charge >= 0.3 is 10.3 Å². The molecular weight excluding hydrogens is 182 g/mol. The van der Waals surface area contributed by atoms with E-state index in [2.05, 4.69) is 3.63 Å². The number of hydrogen-bond acceptors (Lipinski definition) is 5. The lowest BCUT2D eigenvalue weighted by molar-refractivity contribution is 0.441. The van der Waals surface area contributed by atoms with Crippen LogP contribution in [-0.2, 0) is 24.1 Å². The summed E-state index contributed by atoms with van der Waals surface area (Å²) < 4.78 is 47.1. The third kappa shape index (κ3) is 1.90. The van der Waals surface area contributed by atoms with Gasteiger partial charge in [-0.25, -0.2) is 0 Å². The second-order valence-corrected chi connectivity index (χ2v) is 4.94. The van der Waals surface area contributed by atoms with Crippen LogP contribution in [0.15, 0.2) is 0 Å². The minimum atomic E-state index is -4.03. The van der Waals surface area contributed by atoms with Gasteiger partial charge in [0.25, 0.3) is 10.1 Å². The lowest BCUT2D eigenvalue weighted by atomic mass is 10.8. The molecule has 6 nitrogen and oxygen atoms in total. The van der Waals surface area contributed by atoms with Crippen LogP contribution in [0.3, 0.4) is 0 Å². The largest absolute Gasteiger partial charge is 0.350 e. The first-order chi connectivity index (χ1) is 4.41. The second-order valence-electron chi connectivity index (χ2n) is 1.68. The van der Waals surface area contributed by atoms with Crippen LogP contribution in [0.2, 0.25) is 0 Å². The summed E-state index contributed by atoms with van der Waals surface area (Å²) in [5, 5.41) is 0. The van der Waals surface area contributed by atoms with Crippen LogP contribution >= 0.6 is 0 Å². The van der Waals surface area contributed by atoms with Gasteiger partial charge in [0.1, 0.15) is 0 Å². The molecule has 60 valence electrons. The second kappa shape index (κ2) is 2.16. The molecule has 0 aliphatic carbocycles. The molecule has 1 N–H and O–H groups in total. The molecule has 0 atom stereocenters. The van der Waals surface area contributed by atoms with E-state index in [1.54, 1.807) is 0 Å². The molecule has 1 aliphatic rings. The Bertz CT molecular complexity index is 280. The predicted octanol–water partition coefficient (Wildman–Crippen LogP) is -1.82. The van der Waals surface area contributed by atoms with Gasteiger partial charge in [0, 0.05) is 6.54 Å². The van der Waals surface area contributed by atoms with Gasteiger partial charge in [0.15, 0.2) is 0 Å². The Morgan fingerprint density at radius 2 is 1.80 bits per heavy atom. The molecule has 0 aromatic carbocycles. The van der Waals surface area contributed by atoms with Gasteiger partial charge in [-0.15, -0.1) is 3.63 Å². The molecule has 1 saturated heterocycles. The van der Waals surface area contributed by atoms with E-state index >= 15 is 0 Å². The first-order valence-electron chi connectivity index (χ1n) is 2.35. The Hall–Kier alpha value is -0.180. The highest BCUT2D eigenvalue weighted by molar-refractivity contribution is 7.99. The molecule has 0 aromatic rings. The highest BCUT2D eigenvalue weighted by Crippen LogP contribution is 2.03.